The molecule has 6 nitrogen and oxygen atoms in total. The van der Waals surface area contributed by atoms with Gasteiger partial charge in [-0.1, -0.05) is 0 Å². The van der Waals surface area contributed by atoms with Crippen LogP contribution in [0.3, 0.4) is 0 Å². The van der Waals surface area contributed by atoms with Crippen LogP contribution in [-0.4, -0.2) is 49.2 Å². The van der Waals surface area contributed by atoms with Crippen LogP contribution in [-0.2, 0) is 14.3 Å². The number of hydrogen-bond donors (Lipinski definition) is 1. The Kier molecular flexibility index (Phi) is 4.30. The van der Waals surface area contributed by atoms with Crippen molar-refractivity contribution in [1.29, 1.82) is 0 Å². The molecule has 2 heterocycles. The molecule has 1 atom stereocenters. The van der Waals surface area contributed by atoms with Crippen LogP contribution in [0.2, 0.25) is 0 Å². The Morgan fingerprint density at radius 3 is 3.00 bits per heavy atom. The van der Waals surface area contributed by atoms with Gasteiger partial charge in [0.2, 0.25) is 5.91 Å². The predicted octanol–water partition coefficient (Wildman–Crippen LogP) is 0.137. The van der Waals surface area contributed by atoms with E-state index in [0.29, 0.717) is 31.0 Å². The monoisotopic (exact) mass is 253 g/mol. The quantitative estimate of drug-likeness (QED) is 0.777. The topological polar surface area (TPSA) is 71.0 Å². The highest BCUT2D eigenvalue weighted by Crippen LogP contribution is 2.15. The summed E-state index contributed by atoms with van der Waals surface area (Å²) in [5.74, 6) is 0.182. The molecule has 0 aromatic heterocycles. The van der Waals surface area contributed by atoms with E-state index in [4.69, 9.17) is 4.74 Å². The summed E-state index contributed by atoms with van der Waals surface area (Å²) in [5, 5.41) is 3.82. The lowest BCUT2D eigenvalue weighted by molar-refractivity contribution is -0.124. The molecule has 0 aliphatic carbocycles. The second kappa shape index (κ2) is 5.95. The van der Waals surface area contributed by atoms with Crippen LogP contribution >= 0.6 is 0 Å². The average molecular weight is 253 g/mol. The molecule has 0 radical (unpaired) electrons. The minimum Gasteiger partial charge on any atom is -0.381 e. The Morgan fingerprint density at radius 1 is 1.56 bits per heavy atom. The van der Waals surface area contributed by atoms with E-state index in [0.717, 1.165) is 26.1 Å². The number of hydrogen-bond acceptors (Lipinski definition) is 4. The molecule has 0 aromatic carbocycles. The first-order valence-electron chi connectivity index (χ1n) is 6.35. The SMILES string of the molecule is CN(CC1CCCOC1)C(=O)C1=NNC(=O)CC1. The number of ether oxygens (including phenoxy) is 1. The highest BCUT2D eigenvalue weighted by molar-refractivity contribution is 6.39. The van der Waals surface area contributed by atoms with E-state index in [9.17, 15) is 9.59 Å². The van der Waals surface area contributed by atoms with Crippen molar-refractivity contribution in [2.75, 3.05) is 26.8 Å². The molecule has 2 aliphatic rings. The minimum atomic E-state index is -0.130. The molecule has 1 fully saturated rings. The minimum absolute atomic E-state index is 0.0967. The Balaban J connectivity index is 1.86. The van der Waals surface area contributed by atoms with Gasteiger partial charge < -0.3 is 9.64 Å². The van der Waals surface area contributed by atoms with E-state index >= 15 is 0 Å². The molecule has 18 heavy (non-hydrogen) atoms. The van der Waals surface area contributed by atoms with Crippen LogP contribution in [0.25, 0.3) is 0 Å². The van der Waals surface area contributed by atoms with Gasteiger partial charge in [-0.15, -0.1) is 0 Å². The molecule has 0 bridgehead atoms. The molecule has 0 aromatic rings. The smallest absolute Gasteiger partial charge is 0.269 e. The Morgan fingerprint density at radius 2 is 2.39 bits per heavy atom. The Hall–Kier alpha value is -1.43. The lowest BCUT2D eigenvalue weighted by atomic mass is 10.0. The fourth-order valence-corrected chi connectivity index (χ4v) is 2.27. The fraction of sp³-hybridized carbons (Fsp3) is 0.750. The van der Waals surface area contributed by atoms with E-state index in [-0.39, 0.29) is 11.8 Å². The lowest BCUT2D eigenvalue weighted by Gasteiger charge is -2.27. The third-order valence-corrected chi connectivity index (χ3v) is 3.28. The fourth-order valence-electron chi connectivity index (χ4n) is 2.27. The molecule has 1 unspecified atom stereocenters. The van der Waals surface area contributed by atoms with Crippen molar-refractivity contribution in [1.82, 2.24) is 10.3 Å². The van der Waals surface area contributed by atoms with Crippen molar-refractivity contribution in [2.45, 2.75) is 25.7 Å². The van der Waals surface area contributed by atoms with E-state index in [2.05, 4.69) is 10.5 Å². The molecule has 0 spiro atoms. The third kappa shape index (κ3) is 3.29. The van der Waals surface area contributed by atoms with Crippen molar-refractivity contribution in [3.8, 4) is 0 Å². The normalized spacial score (nSPS) is 24.2. The number of amides is 2. The van der Waals surface area contributed by atoms with Crippen molar-refractivity contribution < 1.29 is 14.3 Å². The summed E-state index contributed by atoms with van der Waals surface area (Å²) in [7, 11) is 1.77. The molecule has 6 heteroatoms. The zero-order chi connectivity index (χ0) is 13.0. The summed E-state index contributed by atoms with van der Waals surface area (Å²) in [6.45, 7) is 2.24. The lowest BCUT2D eigenvalue weighted by Crippen LogP contribution is -2.41. The summed E-state index contributed by atoms with van der Waals surface area (Å²) >= 11 is 0. The summed E-state index contributed by atoms with van der Waals surface area (Å²) in [6, 6.07) is 0. The molecule has 100 valence electrons. The first-order chi connectivity index (χ1) is 8.66. The van der Waals surface area contributed by atoms with E-state index < -0.39 is 0 Å². The van der Waals surface area contributed by atoms with E-state index in [1.165, 1.54) is 0 Å². The number of nitrogens with one attached hydrogen (secondary N) is 1. The molecule has 0 saturated carbocycles. The van der Waals surface area contributed by atoms with Gasteiger partial charge in [-0.05, 0) is 18.8 Å². The highest BCUT2D eigenvalue weighted by Gasteiger charge is 2.24. The molecule has 1 N–H and O–H groups in total. The van der Waals surface area contributed by atoms with Crippen LogP contribution in [0.15, 0.2) is 5.10 Å². The van der Waals surface area contributed by atoms with Gasteiger partial charge in [0.15, 0.2) is 0 Å². The number of carbonyl (C=O) groups excluding carboxylic acids is 2. The maximum atomic E-state index is 12.1. The van der Waals surface area contributed by atoms with Gasteiger partial charge >= 0.3 is 0 Å². The first kappa shape index (κ1) is 13.0. The van der Waals surface area contributed by atoms with Crippen LogP contribution in [0.4, 0.5) is 0 Å². The van der Waals surface area contributed by atoms with Crippen LogP contribution in [0.5, 0.6) is 0 Å². The second-order valence-electron chi connectivity index (χ2n) is 4.86. The predicted molar refractivity (Wildman–Crippen MR) is 66.0 cm³/mol. The molecule has 1 saturated heterocycles. The number of nitrogens with zero attached hydrogens (tertiary/aromatic N) is 2. The summed E-state index contributed by atoms with van der Waals surface area (Å²) < 4.78 is 5.40. The molecule has 2 aliphatic heterocycles. The Labute approximate surface area is 106 Å². The first-order valence-corrected chi connectivity index (χ1v) is 6.35. The Bertz CT molecular complexity index is 362. The zero-order valence-electron chi connectivity index (χ0n) is 10.6. The summed E-state index contributed by atoms with van der Waals surface area (Å²) in [4.78, 5) is 24.7. The number of rotatable bonds is 3. The molecular formula is C12H19N3O3. The average Bonchev–Trinajstić information content (AvgIpc) is 2.40. The van der Waals surface area contributed by atoms with Crippen LogP contribution < -0.4 is 5.43 Å². The maximum Gasteiger partial charge on any atom is 0.269 e. The molecular weight excluding hydrogens is 234 g/mol. The van der Waals surface area contributed by atoms with Gasteiger partial charge in [0, 0.05) is 33.0 Å². The van der Waals surface area contributed by atoms with Gasteiger partial charge in [-0.25, -0.2) is 5.43 Å². The van der Waals surface area contributed by atoms with Gasteiger partial charge in [0.05, 0.1) is 6.61 Å². The maximum absolute atomic E-state index is 12.1. The van der Waals surface area contributed by atoms with E-state index in [1.54, 1.807) is 11.9 Å². The van der Waals surface area contributed by atoms with Crippen LogP contribution in [0, 0.1) is 5.92 Å². The second-order valence-corrected chi connectivity index (χ2v) is 4.86. The standard InChI is InChI=1S/C12H19N3O3/c1-15(7-9-3-2-6-18-8-9)12(17)10-4-5-11(16)14-13-10/h9H,2-8H2,1H3,(H,14,16). The van der Waals surface area contributed by atoms with Gasteiger partial charge in [-0.2, -0.15) is 5.10 Å². The van der Waals surface area contributed by atoms with Gasteiger partial charge in [-0.3, -0.25) is 9.59 Å². The summed E-state index contributed by atoms with van der Waals surface area (Å²) in [6.07, 6.45) is 2.92. The van der Waals surface area contributed by atoms with E-state index in [1.807, 2.05) is 0 Å². The van der Waals surface area contributed by atoms with Gasteiger partial charge in [0.25, 0.3) is 5.91 Å². The number of carbonyl (C=O) groups is 2. The molecule has 2 rings (SSSR count). The van der Waals surface area contributed by atoms with Crippen molar-refractivity contribution in [3.63, 3.8) is 0 Å². The summed E-state index contributed by atoms with van der Waals surface area (Å²) in [5.41, 5.74) is 2.79. The van der Waals surface area contributed by atoms with Crippen molar-refractivity contribution in [3.05, 3.63) is 0 Å². The van der Waals surface area contributed by atoms with Crippen LogP contribution in [0.1, 0.15) is 25.7 Å². The highest BCUT2D eigenvalue weighted by atomic mass is 16.5. The van der Waals surface area contributed by atoms with Crippen molar-refractivity contribution >= 4 is 17.5 Å². The van der Waals surface area contributed by atoms with Gasteiger partial charge in [0.1, 0.15) is 5.71 Å². The number of hydrazone groups is 1. The molecule has 2 amide bonds. The van der Waals surface area contributed by atoms with Crippen molar-refractivity contribution in [2.24, 2.45) is 11.0 Å². The third-order valence-electron chi connectivity index (χ3n) is 3.28. The largest absolute Gasteiger partial charge is 0.381 e. The zero-order valence-corrected chi connectivity index (χ0v) is 10.6.